The number of nitrogens with one attached hydrogen (secondary N) is 2. The van der Waals surface area contributed by atoms with Gasteiger partial charge in [-0.05, 0) is 18.2 Å². The molecule has 0 saturated carbocycles. The Bertz CT molecular complexity index is 647. The summed E-state index contributed by atoms with van der Waals surface area (Å²) in [5.41, 5.74) is 0.275. The van der Waals surface area contributed by atoms with E-state index < -0.39 is 24.3 Å². The Morgan fingerprint density at radius 1 is 1.08 bits per heavy atom. The van der Waals surface area contributed by atoms with Crippen LogP contribution in [0.2, 0.25) is 5.02 Å². The molecule has 130 valence electrons. The first-order valence-corrected chi connectivity index (χ1v) is 7.33. The number of hydrogen-bond acceptors (Lipinski definition) is 5. The van der Waals surface area contributed by atoms with Crippen LogP contribution in [0.1, 0.15) is 23.2 Å². The fraction of sp³-hybridized carbons (Fsp3) is 0.333. The molecule has 9 heteroatoms. The Hall–Kier alpha value is -2.61. The molecular weight excluding hydrogens is 340 g/mol. The summed E-state index contributed by atoms with van der Waals surface area (Å²) in [7, 11) is 1.42. The number of benzene rings is 1. The highest BCUT2D eigenvalue weighted by Gasteiger charge is 2.15. The number of carboxylic acids is 1. The third-order valence-corrected chi connectivity index (χ3v) is 3.16. The minimum absolute atomic E-state index is 0.0840. The van der Waals surface area contributed by atoms with Crippen LogP contribution in [0.4, 0.5) is 0 Å². The van der Waals surface area contributed by atoms with Gasteiger partial charge in [0, 0.05) is 17.9 Å². The summed E-state index contributed by atoms with van der Waals surface area (Å²) in [4.78, 5) is 45.3. The molecular formula is C15H17ClN2O6. The third-order valence-electron chi connectivity index (χ3n) is 2.92. The smallest absolute Gasteiger partial charge is 0.322 e. The average molecular weight is 357 g/mol. The van der Waals surface area contributed by atoms with E-state index in [0.717, 1.165) is 0 Å². The number of carbonyl (C=O) groups is 4. The monoisotopic (exact) mass is 356 g/mol. The molecule has 0 heterocycles. The molecule has 0 aliphatic carbocycles. The van der Waals surface area contributed by atoms with Crippen LogP contribution in [0.3, 0.4) is 0 Å². The zero-order valence-corrected chi connectivity index (χ0v) is 13.7. The van der Waals surface area contributed by atoms with Crippen molar-refractivity contribution in [1.29, 1.82) is 0 Å². The highest BCUT2D eigenvalue weighted by Crippen LogP contribution is 2.24. The molecule has 0 fully saturated rings. The number of Topliss-reactive ketones (excluding diaryl/α,β-unsaturated/α-hetero) is 1. The number of ether oxygens (including phenoxy) is 1. The van der Waals surface area contributed by atoms with Crippen LogP contribution in [-0.2, 0) is 14.4 Å². The summed E-state index contributed by atoms with van der Waals surface area (Å²) in [6.45, 7) is -0.886. The lowest BCUT2D eigenvalue weighted by molar-refractivity contribution is -0.137. The zero-order chi connectivity index (χ0) is 18.1. The predicted octanol–water partition coefficient (Wildman–Crippen LogP) is 0.628. The van der Waals surface area contributed by atoms with E-state index in [1.54, 1.807) is 12.1 Å². The maximum absolute atomic E-state index is 12.1. The average Bonchev–Trinajstić information content (AvgIpc) is 2.55. The van der Waals surface area contributed by atoms with Crippen molar-refractivity contribution < 1.29 is 29.0 Å². The molecule has 24 heavy (non-hydrogen) atoms. The van der Waals surface area contributed by atoms with Gasteiger partial charge in [-0.15, -0.1) is 0 Å². The molecule has 1 rings (SSSR count). The van der Waals surface area contributed by atoms with E-state index in [2.05, 4.69) is 10.6 Å². The van der Waals surface area contributed by atoms with Crippen LogP contribution in [0.15, 0.2) is 18.2 Å². The number of carboxylic acid groups (broad SMARTS) is 1. The number of halogens is 1. The summed E-state index contributed by atoms with van der Waals surface area (Å²) >= 11 is 5.84. The first kappa shape index (κ1) is 19.4. The molecule has 2 amide bonds. The largest absolute Gasteiger partial charge is 0.496 e. The van der Waals surface area contributed by atoms with Crippen molar-refractivity contribution in [3.8, 4) is 5.75 Å². The molecule has 8 nitrogen and oxygen atoms in total. The van der Waals surface area contributed by atoms with Gasteiger partial charge in [0.2, 0.25) is 11.8 Å². The zero-order valence-electron chi connectivity index (χ0n) is 12.9. The topological polar surface area (TPSA) is 122 Å². The van der Waals surface area contributed by atoms with Crippen molar-refractivity contribution in [2.75, 3.05) is 20.2 Å². The molecule has 0 aliphatic heterocycles. The van der Waals surface area contributed by atoms with Gasteiger partial charge in [-0.3, -0.25) is 19.2 Å². The number of amides is 2. The van der Waals surface area contributed by atoms with Crippen LogP contribution in [0.5, 0.6) is 5.75 Å². The van der Waals surface area contributed by atoms with Crippen LogP contribution in [0.25, 0.3) is 0 Å². The molecule has 0 bridgehead atoms. The first-order valence-electron chi connectivity index (χ1n) is 6.95. The Morgan fingerprint density at radius 2 is 1.75 bits per heavy atom. The van der Waals surface area contributed by atoms with Gasteiger partial charge >= 0.3 is 5.97 Å². The minimum atomic E-state index is -1.18. The quantitative estimate of drug-likeness (QED) is 0.558. The molecule has 0 radical (unpaired) electrons. The number of rotatable bonds is 9. The fourth-order valence-electron chi connectivity index (χ4n) is 1.76. The highest BCUT2D eigenvalue weighted by atomic mass is 35.5. The van der Waals surface area contributed by atoms with E-state index in [4.69, 9.17) is 21.4 Å². The lowest BCUT2D eigenvalue weighted by Gasteiger charge is -2.08. The van der Waals surface area contributed by atoms with Crippen LogP contribution < -0.4 is 15.4 Å². The first-order chi connectivity index (χ1) is 11.3. The van der Waals surface area contributed by atoms with Gasteiger partial charge < -0.3 is 20.5 Å². The van der Waals surface area contributed by atoms with Crippen molar-refractivity contribution in [3.63, 3.8) is 0 Å². The van der Waals surface area contributed by atoms with E-state index in [9.17, 15) is 19.2 Å². The van der Waals surface area contributed by atoms with Crippen molar-refractivity contribution in [1.82, 2.24) is 10.6 Å². The van der Waals surface area contributed by atoms with Gasteiger partial charge in [0.05, 0.1) is 19.2 Å². The summed E-state index contributed by atoms with van der Waals surface area (Å²) in [5.74, 6) is -2.28. The number of carbonyl (C=O) groups excluding carboxylic acids is 3. The second kappa shape index (κ2) is 9.51. The van der Waals surface area contributed by atoms with Crippen LogP contribution in [0, 0.1) is 0 Å². The number of ketones is 1. The Balaban J connectivity index is 2.44. The van der Waals surface area contributed by atoms with Gasteiger partial charge in [-0.1, -0.05) is 11.6 Å². The fourth-order valence-corrected chi connectivity index (χ4v) is 1.94. The maximum atomic E-state index is 12.1. The molecule has 0 unspecified atom stereocenters. The minimum Gasteiger partial charge on any atom is -0.496 e. The van der Waals surface area contributed by atoms with Crippen LogP contribution >= 0.6 is 11.6 Å². The summed E-state index contributed by atoms with van der Waals surface area (Å²) in [6.07, 6.45) is -0.208. The molecule has 0 spiro atoms. The lowest BCUT2D eigenvalue weighted by atomic mass is 10.1. The highest BCUT2D eigenvalue weighted by molar-refractivity contribution is 6.31. The number of hydrogen-bond donors (Lipinski definition) is 3. The Labute approximate surface area is 143 Å². The third kappa shape index (κ3) is 6.66. The molecule has 0 aromatic heterocycles. The van der Waals surface area contributed by atoms with Gasteiger partial charge in [0.15, 0.2) is 5.78 Å². The second-order valence-electron chi connectivity index (χ2n) is 4.71. The van der Waals surface area contributed by atoms with Crippen LogP contribution in [-0.4, -0.2) is 48.9 Å². The number of methoxy groups -OCH3 is 1. The van der Waals surface area contributed by atoms with Gasteiger partial charge in [-0.25, -0.2) is 0 Å². The van der Waals surface area contributed by atoms with Crippen molar-refractivity contribution in [2.45, 2.75) is 12.8 Å². The van der Waals surface area contributed by atoms with E-state index in [1.807, 2.05) is 0 Å². The normalized spacial score (nSPS) is 9.92. The number of aliphatic carboxylic acids is 1. The van der Waals surface area contributed by atoms with Crippen molar-refractivity contribution >= 4 is 35.2 Å². The Kier molecular flexibility index (Phi) is 7.70. The van der Waals surface area contributed by atoms with E-state index >= 15 is 0 Å². The standard InChI is InChI=1S/C15H17ClN2O6/c1-24-12-4-2-9(16)6-10(12)11(19)3-5-13(20)17-7-14(21)18-8-15(22)23/h2,4,6H,3,5,7-8H2,1H3,(H,17,20)(H,18,21)(H,22,23). The van der Waals surface area contributed by atoms with E-state index in [-0.39, 0.29) is 30.7 Å². The maximum Gasteiger partial charge on any atom is 0.322 e. The second-order valence-corrected chi connectivity index (χ2v) is 5.15. The molecule has 0 aliphatic rings. The van der Waals surface area contributed by atoms with E-state index in [1.165, 1.54) is 13.2 Å². The molecule has 1 aromatic rings. The Morgan fingerprint density at radius 3 is 2.38 bits per heavy atom. The van der Waals surface area contributed by atoms with Crippen molar-refractivity contribution in [3.05, 3.63) is 28.8 Å². The summed E-state index contributed by atoms with van der Waals surface area (Å²) in [6, 6.07) is 4.60. The van der Waals surface area contributed by atoms with Gasteiger partial charge in [-0.2, -0.15) is 0 Å². The SMILES string of the molecule is COc1ccc(Cl)cc1C(=O)CCC(=O)NCC(=O)NCC(=O)O. The molecule has 3 N–H and O–H groups in total. The molecule has 0 atom stereocenters. The van der Waals surface area contributed by atoms with Gasteiger partial charge in [0.1, 0.15) is 12.3 Å². The lowest BCUT2D eigenvalue weighted by Crippen LogP contribution is -2.39. The van der Waals surface area contributed by atoms with Crippen molar-refractivity contribution in [2.24, 2.45) is 0 Å². The summed E-state index contributed by atoms with van der Waals surface area (Å²) in [5, 5.41) is 13.2. The summed E-state index contributed by atoms with van der Waals surface area (Å²) < 4.78 is 5.07. The molecule has 1 aromatic carbocycles. The van der Waals surface area contributed by atoms with E-state index in [0.29, 0.717) is 10.8 Å². The predicted molar refractivity (Wildman–Crippen MR) is 85.2 cm³/mol. The molecule has 0 saturated heterocycles. The van der Waals surface area contributed by atoms with Gasteiger partial charge in [0.25, 0.3) is 0 Å².